The summed E-state index contributed by atoms with van der Waals surface area (Å²) in [5.41, 5.74) is 0. The molecule has 0 atom stereocenters. The fraction of sp³-hybridized carbons (Fsp3) is 0.143. The molecule has 1 saturated heterocycles. The van der Waals surface area contributed by atoms with Crippen molar-refractivity contribution in [2.24, 2.45) is 0 Å². The molecule has 1 heterocycles. The van der Waals surface area contributed by atoms with Crippen LogP contribution in [0.15, 0.2) is 121 Å². The van der Waals surface area contributed by atoms with Crippen LogP contribution in [0.1, 0.15) is 12.8 Å². The van der Waals surface area contributed by atoms with E-state index < -0.39 is 15.2 Å². The molecular formula is C28H28LiOP3. The van der Waals surface area contributed by atoms with Gasteiger partial charge in [-0.15, -0.1) is 0 Å². The Kier molecular flexibility index (Phi) is 11.9. The van der Waals surface area contributed by atoms with Crippen molar-refractivity contribution in [3.05, 3.63) is 121 Å². The van der Waals surface area contributed by atoms with Gasteiger partial charge in [-0.05, 0) is 34.1 Å². The van der Waals surface area contributed by atoms with Crippen molar-refractivity contribution in [1.82, 2.24) is 0 Å². The van der Waals surface area contributed by atoms with Gasteiger partial charge in [0.15, 0.2) is 0 Å². The van der Waals surface area contributed by atoms with E-state index in [1.54, 1.807) is 0 Å². The van der Waals surface area contributed by atoms with Gasteiger partial charge in [-0.1, -0.05) is 121 Å². The zero-order chi connectivity index (χ0) is 21.8. The fourth-order valence-electron chi connectivity index (χ4n) is 3.38. The van der Waals surface area contributed by atoms with Crippen LogP contribution in [-0.2, 0) is 4.74 Å². The van der Waals surface area contributed by atoms with Crippen LogP contribution >= 0.6 is 23.2 Å². The maximum absolute atomic E-state index is 4.94. The minimum absolute atomic E-state index is 0. The first kappa shape index (κ1) is 26.3. The van der Waals surface area contributed by atoms with Gasteiger partial charge in [0.05, 0.1) is 0 Å². The Morgan fingerprint density at radius 1 is 0.455 bits per heavy atom. The summed E-state index contributed by atoms with van der Waals surface area (Å²) < 4.78 is 4.94. The van der Waals surface area contributed by atoms with E-state index in [1.807, 2.05) is 0 Å². The molecule has 33 heavy (non-hydrogen) atoms. The Morgan fingerprint density at radius 3 is 0.939 bits per heavy atom. The third-order valence-electron chi connectivity index (χ3n) is 5.01. The van der Waals surface area contributed by atoms with E-state index >= 15 is 0 Å². The van der Waals surface area contributed by atoms with Gasteiger partial charge in [-0.25, -0.2) is 15.2 Å². The predicted molar refractivity (Wildman–Crippen MR) is 145 cm³/mol. The summed E-state index contributed by atoms with van der Waals surface area (Å²) in [6, 6.07) is 44.0. The molecule has 0 N–H and O–H groups in total. The van der Waals surface area contributed by atoms with Crippen molar-refractivity contribution in [1.29, 1.82) is 0 Å². The maximum atomic E-state index is 4.94. The molecule has 0 unspecified atom stereocenters. The molecule has 0 spiro atoms. The first-order chi connectivity index (χ1) is 15.9. The summed E-state index contributed by atoms with van der Waals surface area (Å²) >= 11 is 0. The van der Waals surface area contributed by atoms with E-state index in [-0.39, 0.29) is 18.9 Å². The molecule has 0 aliphatic carbocycles. The third-order valence-corrected chi connectivity index (χ3v) is 15.6. The summed E-state index contributed by atoms with van der Waals surface area (Å²) in [4.78, 5) is 0. The van der Waals surface area contributed by atoms with Crippen molar-refractivity contribution in [3.8, 4) is 0 Å². The fourth-order valence-corrected chi connectivity index (χ4v) is 15.1. The van der Waals surface area contributed by atoms with Crippen LogP contribution in [0.25, 0.3) is 0 Å². The molecule has 4 aromatic rings. The predicted octanol–water partition coefficient (Wildman–Crippen LogP) is 3.83. The van der Waals surface area contributed by atoms with Gasteiger partial charge in [0.2, 0.25) is 0 Å². The topological polar surface area (TPSA) is 9.23 Å². The molecule has 0 amide bonds. The number of hydrogen-bond acceptors (Lipinski definition) is 1. The van der Waals surface area contributed by atoms with E-state index in [1.165, 1.54) is 42.0 Å². The van der Waals surface area contributed by atoms with Crippen LogP contribution in [0.5, 0.6) is 0 Å². The molecule has 5 heteroatoms. The Balaban J connectivity index is 0.000000453. The minimum Gasteiger partial charge on any atom is -0.456 e. The SMILES string of the molecule is C1CCOC1.[Li+].c1ccc(P([P-]P(c2ccccc2)c2ccccc2)c2ccccc2)cc1. The summed E-state index contributed by atoms with van der Waals surface area (Å²) in [7, 11) is 0.620. The standard InChI is InChI=1S/C24H20P3.C4H8O.Li/c1-5-13-21(14-6-1)26(22-15-7-2-8-16-22)25-27(23-17-9-3-10-18-23)24-19-11-4-12-20-24;1-2-4-5-3-1;/h1-20H;1-4H2;/q-1;;+1. The molecule has 0 radical (unpaired) electrons. The van der Waals surface area contributed by atoms with Gasteiger partial charge in [0.1, 0.15) is 0 Å². The van der Waals surface area contributed by atoms with E-state index in [0.717, 1.165) is 13.2 Å². The molecule has 1 aliphatic rings. The second-order valence-electron chi connectivity index (χ2n) is 7.37. The number of ether oxygens (including phenoxy) is 1. The molecule has 0 saturated carbocycles. The molecule has 1 nitrogen and oxygen atoms in total. The molecule has 5 rings (SSSR count). The van der Waals surface area contributed by atoms with Crippen LogP contribution in [0.3, 0.4) is 0 Å². The quantitative estimate of drug-likeness (QED) is 0.301. The molecule has 4 aromatic carbocycles. The van der Waals surface area contributed by atoms with Crippen molar-refractivity contribution in [2.75, 3.05) is 13.2 Å². The van der Waals surface area contributed by atoms with Gasteiger partial charge >= 0.3 is 18.9 Å². The summed E-state index contributed by atoms with van der Waals surface area (Å²) in [6.07, 6.45) is 2.56. The van der Waals surface area contributed by atoms with Crippen molar-refractivity contribution in [3.63, 3.8) is 0 Å². The van der Waals surface area contributed by atoms with Crippen LogP contribution in [0, 0.1) is 0 Å². The van der Waals surface area contributed by atoms with Gasteiger partial charge in [-0.3, -0.25) is 0 Å². The van der Waals surface area contributed by atoms with Crippen LogP contribution in [0.2, 0.25) is 0 Å². The van der Waals surface area contributed by atoms with Crippen LogP contribution < -0.4 is 40.1 Å². The average Bonchev–Trinajstić information content (AvgIpc) is 3.47. The molecule has 0 aromatic heterocycles. The Bertz CT molecular complexity index is 862. The monoisotopic (exact) mass is 480 g/mol. The summed E-state index contributed by atoms with van der Waals surface area (Å²) in [5.74, 6) is 0. The Labute approximate surface area is 214 Å². The largest absolute Gasteiger partial charge is 1.00 e. The number of benzene rings is 4. The van der Waals surface area contributed by atoms with Crippen molar-refractivity contribution < 1.29 is 23.6 Å². The molecule has 0 bridgehead atoms. The van der Waals surface area contributed by atoms with Gasteiger partial charge in [0.25, 0.3) is 0 Å². The van der Waals surface area contributed by atoms with Gasteiger partial charge in [0, 0.05) is 13.2 Å². The second kappa shape index (κ2) is 14.9. The van der Waals surface area contributed by atoms with Crippen LogP contribution in [0.4, 0.5) is 0 Å². The van der Waals surface area contributed by atoms with E-state index in [9.17, 15) is 0 Å². The molecular weight excluding hydrogens is 452 g/mol. The maximum Gasteiger partial charge on any atom is 1.00 e. The minimum atomic E-state index is -0.436. The van der Waals surface area contributed by atoms with Crippen LogP contribution in [-0.4, -0.2) is 13.2 Å². The van der Waals surface area contributed by atoms with E-state index in [2.05, 4.69) is 121 Å². The zero-order valence-corrected chi connectivity index (χ0v) is 21.8. The number of hydrogen-bond donors (Lipinski definition) is 0. The first-order valence-electron chi connectivity index (χ1n) is 11.0. The average molecular weight is 480 g/mol. The summed E-state index contributed by atoms with van der Waals surface area (Å²) in [5, 5.41) is 5.78. The van der Waals surface area contributed by atoms with Gasteiger partial charge in [-0.2, -0.15) is 0 Å². The first-order valence-corrected chi connectivity index (χ1v) is 16.0. The molecule has 1 aliphatic heterocycles. The molecule has 1 fully saturated rings. The Hall–Kier alpha value is -1.27. The van der Waals surface area contributed by atoms with E-state index in [4.69, 9.17) is 4.74 Å². The Morgan fingerprint density at radius 2 is 0.727 bits per heavy atom. The van der Waals surface area contributed by atoms with Crippen molar-refractivity contribution in [2.45, 2.75) is 12.8 Å². The van der Waals surface area contributed by atoms with E-state index in [0.29, 0.717) is 0 Å². The summed E-state index contributed by atoms with van der Waals surface area (Å²) in [6.45, 7) is 2.00. The zero-order valence-electron chi connectivity index (χ0n) is 19.1. The number of rotatable bonds is 6. The smallest absolute Gasteiger partial charge is 0.456 e. The van der Waals surface area contributed by atoms with Gasteiger partial charge < -0.3 is 12.7 Å². The van der Waals surface area contributed by atoms with Crippen molar-refractivity contribution >= 4 is 44.4 Å². The third kappa shape index (κ3) is 8.17. The molecule has 162 valence electrons. The second-order valence-corrected chi connectivity index (χ2v) is 15.4. The normalized spacial score (nSPS) is 12.7.